The lowest BCUT2D eigenvalue weighted by molar-refractivity contribution is -0.161. The van der Waals surface area contributed by atoms with E-state index in [1.807, 2.05) is 0 Å². The molecular weight excluding hydrogens is 1150 g/mol. The molecule has 0 rings (SSSR count). The lowest BCUT2D eigenvalue weighted by Gasteiger charge is -2.21. The highest BCUT2D eigenvalue weighted by atomic mass is 31.2. The number of hydrogen-bond donors (Lipinski definition) is 4. The molecule has 5 unspecified atom stereocenters. The number of esters is 3. The number of carbonyl (C=O) groups excluding carboxylic acids is 3. The zero-order valence-corrected chi connectivity index (χ0v) is 55.7. The van der Waals surface area contributed by atoms with E-state index in [2.05, 4.69) is 130 Å². The van der Waals surface area contributed by atoms with E-state index in [1.165, 1.54) is 38.5 Å². The molecule has 0 fully saturated rings. The first-order valence-corrected chi connectivity index (χ1v) is 36.2. The molecule has 0 aromatic rings. The second kappa shape index (κ2) is 62.4. The average molecular weight is 1270 g/mol. The van der Waals surface area contributed by atoms with Gasteiger partial charge in [0.15, 0.2) is 6.10 Å². The van der Waals surface area contributed by atoms with Crippen LogP contribution in [0.1, 0.15) is 252 Å². The van der Waals surface area contributed by atoms with Gasteiger partial charge in [-0.3, -0.25) is 32.5 Å². The number of hydrogen-bond acceptors (Lipinski definition) is 14. The number of phosphoric acid groups is 2. The van der Waals surface area contributed by atoms with E-state index in [4.69, 9.17) is 32.3 Å². The molecule has 5 atom stereocenters. The standard InChI is InChI=1S/C69H118O16P2/c1-4-7-10-13-16-19-22-24-26-28-30-31-33-35-36-38-41-43-46-49-52-55-67(72)79-58-64(70)59-81-86(75,76)82-60-65(71)61-83-87(77,78)84-63-66(85-69(74)57-54-51-48-45-40-21-18-15-12-9-6-3)62-80-68(73)56-53-50-47-44-42-39-37-34-32-29-27-25-23-20-17-14-11-8-5-2/h7-8,10-11,16-17,19-20,24-27,30-32,34-36,64-66,70-71H,4-6,9,12-15,18,21-23,28-29,33,37-63H2,1-3H3,(H,75,76)(H,77,78)/b10-7-,11-8-,19-16-,20-17-,26-24-,27-25-,31-30-,34-32-,36-35-. The number of aliphatic hydroxyl groups excluding tert-OH is 2. The van der Waals surface area contributed by atoms with Crippen molar-refractivity contribution in [2.45, 2.75) is 270 Å². The summed E-state index contributed by atoms with van der Waals surface area (Å²) in [6.07, 6.45) is 68.6. The minimum absolute atomic E-state index is 0.101. The highest BCUT2D eigenvalue weighted by Crippen LogP contribution is 2.45. The first-order chi connectivity index (χ1) is 42.2. The number of unbranched alkanes of at least 4 members (excludes halogenated alkanes) is 21. The Labute approximate surface area is 526 Å². The number of ether oxygens (including phenoxy) is 3. The molecule has 0 bridgehead atoms. The zero-order valence-electron chi connectivity index (χ0n) is 53.9. The van der Waals surface area contributed by atoms with Gasteiger partial charge in [-0.1, -0.05) is 239 Å². The van der Waals surface area contributed by atoms with Crippen LogP contribution in [0.2, 0.25) is 0 Å². The SMILES string of the molecule is CC/C=C\C/C=C\C/C=C\C/C=C\C/C=C\CCCCCCCC(=O)OCC(O)COP(=O)(O)OCC(O)COP(=O)(O)OCC(COC(=O)CCCCCCCC/C=C\C/C=C\C/C=C\C/C=C\CC)OC(=O)CCCCCCCCCCCCC. The van der Waals surface area contributed by atoms with Gasteiger partial charge in [0.05, 0.1) is 26.4 Å². The van der Waals surface area contributed by atoms with Gasteiger partial charge in [0.25, 0.3) is 0 Å². The molecule has 0 heterocycles. The summed E-state index contributed by atoms with van der Waals surface area (Å²) in [7, 11) is -9.78. The van der Waals surface area contributed by atoms with Crippen LogP contribution in [0.4, 0.5) is 0 Å². The smallest absolute Gasteiger partial charge is 0.463 e. The number of aliphatic hydroxyl groups is 2. The van der Waals surface area contributed by atoms with Crippen LogP contribution in [0.3, 0.4) is 0 Å². The third-order valence-electron chi connectivity index (χ3n) is 13.5. The largest absolute Gasteiger partial charge is 0.472 e. The number of allylic oxidation sites excluding steroid dienone is 18. The lowest BCUT2D eigenvalue weighted by atomic mass is 10.1. The van der Waals surface area contributed by atoms with Gasteiger partial charge in [0.1, 0.15) is 25.4 Å². The molecular formula is C69H118O16P2. The number of carbonyl (C=O) groups is 3. The molecule has 0 saturated carbocycles. The predicted octanol–water partition coefficient (Wildman–Crippen LogP) is 18.1. The minimum Gasteiger partial charge on any atom is -0.463 e. The Morgan fingerprint density at radius 3 is 0.966 bits per heavy atom. The predicted molar refractivity (Wildman–Crippen MR) is 353 cm³/mol. The van der Waals surface area contributed by atoms with Crippen molar-refractivity contribution < 1.29 is 75.8 Å². The molecule has 87 heavy (non-hydrogen) atoms. The summed E-state index contributed by atoms with van der Waals surface area (Å²) < 4.78 is 60.8. The maximum Gasteiger partial charge on any atom is 0.472 e. The Balaban J connectivity index is 4.62. The highest BCUT2D eigenvalue weighted by molar-refractivity contribution is 7.47. The molecule has 18 heteroatoms. The second-order valence-electron chi connectivity index (χ2n) is 21.9. The van der Waals surface area contributed by atoms with Crippen molar-refractivity contribution in [2.75, 3.05) is 39.6 Å². The van der Waals surface area contributed by atoms with Gasteiger partial charge >= 0.3 is 33.6 Å². The number of rotatable bonds is 62. The van der Waals surface area contributed by atoms with Crippen LogP contribution in [0.5, 0.6) is 0 Å². The quantitative estimate of drug-likeness (QED) is 0.0146. The average Bonchev–Trinajstić information content (AvgIpc) is 3.57. The molecule has 0 saturated heterocycles. The van der Waals surface area contributed by atoms with Crippen molar-refractivity contribution in [3.05, 3.63) is 109 Å². The van der Waals surface area contributed by atoms with Crippen molar-refractivity contribution in [3.63, 3.8) is 0 Å². The van der Waals surface area contributed by atoms with Crippen LogP contribution in [0.25, 0.3) is 0 Å². The summed E-state index contributed by atoms with van der Waals surface area (Å²) in [5.41, 5.74) is 0. The van der Waals surface area contributed by atoms with Crippen LogP contribution in [0, 0.1) is 0 Å². The summed E-state index contributed by atoms with van der Waals surface area (Å²) in [6, 6.07) is 0. The Morgan fingerprint density at radius 1 is 0.333 bits per heavy atom. The molecule has 4 N–H and O–H groups in total. The summed E-state index contributed by atoms with van der Waals surface area (Å²) in [4.78, 5) is 58.3. The Bertz CT molecular complexity index is 2030. The molecule has 0 aliphatic carbocycles. The van der Waals surface area contributed by atoms with E-state index in [0.29, 0.717) is 19.3 Å². The molecule has 0 aliphatic rings. The summed E-state index contributed by atoms with van der Waals surface area (Å²) in [5, 5.41) is 20.5. The fourth-order valence-electron chi connectivity index (χ4n) is 8.47. The van der Waals surface area contributed by atoms with E-state index in [0.717, 1.165) is 154 Å². The summed E-state index contributed by atoms with van der Waals surface area (Å²) in [6.45, 7) is 2.38. The molecule has 0 spiro atoms. The summed E-state index contributed by atoms with van der Waals surface area (Å²) >= 11 is 0. The van der Waals surface area contributed by atoms with Gasteiger partial charge in [-0.25, -0.2) is 9.13 Å². The van der Waals surface area contributed by atoms with Crippen molar-refractivity contribution in [1.29, 1.82) is 0 Å². The van der Waals surface area contributed by atoms with E-state index in [9.17, 15) is 43.5 Å². The van der Waals surface area contributed by atoms with Crippen molar-refractivity contribution >= 4 is 33.6 Å². The molecule has 0 aromatic heterocycles. The van der Waals surface area contributed by atoms with Crippen LogP contribution in [0.15, 0.2) is 109 Å². The van der Waals surface area contributed by atoms with E-state index in [1.54, 1.807) is 0 Å². The fraction of sp³-hybridized carbons (Fsp3) is 0.696. The zero-order chi connectivity index (χ0) is 63.8. The third-order valence-corrected chi connectivity index (χ3v) is 15.4. The molecule has 0 amide bonds. The lowest BCUT2D eigenvalue weighted by Crippen LogP contribution is -2.30. The third kappa shape index (κ3) is 63.6. The van der Waals surface area contributed by atoms with Gasteiger partial charge in [0, 0.05) is 19.3 Å². The van der Waals surface area contributed by atoms with Crippen LogP contribution >= 0.6 is 15.6 Å². The fourth-order valence-corrected chi connectivity index (χ4v) is 10.1. The van der Waals surface area contributed by atoms with Crippen molar-refractivity contribution in [1.82, 2.24) is 0 Å². The van der Waals surface area contributed by atoms with E-state index < -0.39 is 91.5 Å². The Kier molecular flexibility index (Phi) is 59.7. The molecule has 500 valence electrons. The van der Waals surface area contributed by atoms with Gasteiger partial charge in [0.2, 0.25) is 0 Å². The maximum absolute atomic E-state index is 12.9. The van der Waals surface area contributed by atoms with Gasteiger partial charge < -0.3 is 34.2 Å². The highest BCUT2D eigenvalue weighted by Gasteiger charge is 2.29. The maximum atomic E-state index is 12.9. The molecule has 16 nitrogen and oxygen atoms in total. The first-order valence-electron chi connectivity index (χ1n) is 33.2. The van der Waals surface area contributed by atoms with Crippen LogP contribution < -0.4 is 0 Å². The molecule has 0 aromatic carbocycles. The van der Waals surface area contributed by atoms with Crippen LogP contribution in [-0.2, 0) is 55.8 Å². The normalized spacial score (nSPS) is 15.0. The second-order valence-corrected chi connectivity index (χ2v) is 24.8. The minimum atomic E-state index is -4.92. The Morgan fingerprint density at radius 2 is 0.609 bits per heavy atom. The monoisotopic (exact) mass is 1260 g/mol. The van der Waals surface area contributed by atoms with Crippen molar-refractivity contribution in [2.24, 2.45) is 0 Å². The Hall–Kier alpha value is -3.79. The van der Waals surface area contributed by atoms with E-state index >= 15 is 0 Å². The molecule has 0 aliphatic heterocycles. The van der Waals surface area contributed by atoms with Crippen LogP contribution in [-0.4, -0.2) is 95.9 Å². The first kappa shape index (κ1) is 83.2. The van der Waals surface area contributed by atoms with E-state index in [-0.39, 0.29) is 19.3 Å². The van der Waals surface area contributed by atoms with Crippen molar-refractivity contribution in [3.8, 4) is 0 Å². The van der Waals surface area contributed by atoms with Gasteiger partial charge in [-0.05, 0) is 103 Å². The van der Waals surface area contributed by atoms with Gasteiger partial charge in [-0.15, -0.1) is 0 Å². The number of phosphoric ester groups is 2. The molecule has 0 radical (unpaired) electrons. The topological polar surface area (TPSA) is 231 Å². The van der Waals surface area contributed by atoms with Gasteiger partial charge in [-0.2, -0.15) is 0 Å². The summed E-state index contributed by atoms with van der Waals surface area (Å²) in [5.74, 6) is -1.61.